The van der Waals surface area contributed by atoms with Gasteiger partial charge in [0.05, 0.1) is 48.1 Å². The van der Waals surface area contributed by atoms with Crippen LogP contribution in [0.2, 0.25) is 0 Å². The Balaban J connectivity index is 1.47. The zero-order valence-corrected chi connectivity index (χ0v) is 25.0. The number of methoxy groups -OCH3 is 1. The Labute approximate surface area is 256 Å². The van der Waals surface area contributed by atoms with E-state index in [1.807, 2.05) is 0 Å². The predicted molar refractivity (Wildman–Crippen MR) is 166 cm³/mol. The minimum absolute atomic E-state index is 0.245. The Hall–Kier alpha value is -5.27. The number of rotatable bonds is 7. The number of aldehydes is 1. The maximum Gasteiger partial charge on any atom is 0.232 e. The number of pyridine rings is 2. The molecular formula is C32H25FN4O7S. The summed E-state index contributed by atoms with van der Waals surface area (Å²) in [6.45, 7) is -0.366. The first-order chi connectivity index (χ1) is 21.6. The molecule has 0 amide bonds. The lowest BCUT2D eigenvalue weighted by Crippen LogP contribution is -2.26. The number of hydrogen-bond acceptors (Lipinski definition) is 9. The van der Waals surface area contributed by atoms with Gasteiger partial charge in [-0.05, 0) is 42.5 Å². The predicted octanol–water partition coefficient (Wildman–Crippen LogP) is 5.42. The number of ether oxygens (including phenoxy) is 2. The van der Waals surface area contributed by atoms with E-state index in [4.69, 9.17) is 18.9 Å². The highest BCUT2D eigenvalue weighted by atomic mass is 32.2. The lowest BCUT2D eigenvalue weighted by atomic mass is 10.0. The van der Waals surface area contributed by atoms with E-state index in [2.05, 4.69) is 4.98 Å². The van der Waals surface area contributed by atoms with Crippen molar-refractivity contribution < 1.29 is 36.6 Å². The largest absolute Gasteiger partial charge is 0.481 e. The van der Waals surface area contributed by atoms with Gasteiger partial charge in [-0.2, -0.15) is 0 Å². The number of aromatic nitrogens is 3. The Morgan fingerprint density at radius 3 is 2.64 bits per heavy atom. The summed E-state index contributed by atoms with van der Waals surface area (Å²) >= 11 is 0. The molecule has 1 atom stereocenters. The smallest absolute Gasteiger partial charge is 0.232 e. The molecule has 1 aliphatic heterocycles. The van der Waals surface area contributed by atoms with Crippen LogP contribution in [0.3, 0.4) is 0 Å². The third kappa shape index (κ3) is 4.50. The number of aliphatic hydroxyl groups is 1. The zero-order chi connectivity index (χ0) is 31.6. The van der Waals surface area contributed by atoms with Crippen molar-refractivity contribution in [2.24, 2.45) is 0 Å². The second-order valence-electron chi connectivity index (χ2n) is 10.5. The maximum absolute atomic E-state index is 14.8. The molecule has 0 saturated heterocycles. The van der Waals surface area contributed by atoms with Gasteiger partial charge in [0.15, 0.2) is 12.5 Å². The van der Waals surface area contributed by atoms with Crippen LogP contribution in [0.15, 0.2) is 71.3 Å². The van der Waals surface area contributed by atoms with Crippen molar-refractivity contribution in [3.63, 3.8) is 0 Å². The first-order valence-electron chi connectivity index (χ1n) is 13.7. The normalized spacial score (nSPS) is 14.2. The van der Waals surface area contributed by atoms with E-state index in [1.54, 1.807) is 59.2 Å². The van der Waals surface area contributed by atoms with E-state index in [0.717, 1.165) is 10.6 Å². The molecule has 0 bridgehead atoms. The van der Waals surface area contributed by atoms with Crippen molar-refractivity contribution >= 4 is 43.9 Å². The highest BCUT2D eigenvalue weighted by molar-refractivity contribution is 7.92. The van der Waals surface area contributed by atoms with Crippen molar-refractivity contribution in [2.75, 3.05) is 31.3 Å². The highest BCUT2D eigenvalue weighted by Gasteiger charge is 2.30. The monoisotopic (exact) mass is 628 g/mol. The highest BCUT2D eigenvalue weighted by Crippen LogP contribution is 2.45. The lowest BCUT2D eigenvalue weighted by molar-refractivity contribution is 0.0609. The third-order valence-electron chi connectivity index (χ3n) is 7.92. The van der Waals surface area contributed by atoms with Gasteiger partial charge in [0.25, 0.3) is 0 Å². The molecule has 1 N–H and O–H groups in total. The van der Waals surface area contributed by atoms with Crippen molar-refractivity contribution in [3.8, 4) is 45.6 Å². The Morgan fingerprint density at radius 2 is 1.96 bits per heavy atom. The Kier molecular flexibility index (Phi) is 6.60. The van der Waals surface area contributed by atoms with Gasteiger partial charge in [0.2, 0.25) is 15.9 Å². The second kappa shape index (κ2) is 10.4. The summed E-state index contributed by atoms with van der Waals surface area (Å²) in [5.74, 6) is 0.569. The number of anilines is 1. The van der Waals surface area contributed by atoms with Gasteiger partial charge in [-0.3, -0.25) is 9.10 Å². The third-order valence-corrected chi connectivity index (χ3v) is 9.11. The van der Waals surface area contributed by atoms with Gasteiger partial charge in [0.1, 0.15) is 28.6 Å². The quantitative estimate of drug-likeness (QED) is 0.230. The van der Waals surface area contributed by atoms with Crippen molar-refractivity contribution in [1.82, 2.24) is 14.5 Å². The second-order valence-corrected chi connectivity index (χ2v) is 12.5. The van der Waals surface area contributed by atoms with Crippen LogP contribution in [-0.2, 0) is 10.0 Å². The molecule has 7 rings (SSSR count). The maximum atomic E-state index is 14.8. The number of nitrogens with zero attached hydrogens (tertiary/aromatic N) is 4. The number of benzene rings is 2. The van der Waals surface area contributed by atoms with Crippen LogP contribution in [0.4, 0.5) is 10.1 Å². The molecule has 0 fully saturated rings. The molecule has 0 radical (unpaired) electrons. The molecule has 1 unspecified atom stereocenters. The van der Waals surface area contributed by atoms with Gasteiger partial charge >= 0.3 is 0 Å². The lowest BCUT2D eigenvalue weighted by Gasteiger charge is -2.28. The summed E-state index contributed by atoms with van der Waals surface area (Å²) < 4.78 is 60.4. The van der Waals surface area contributed by atoms with Gasteiger partial charge in [-0.25, -0.2) is 22.8 Å². The van der Waals surface area contributed by atoms with Crippen LogP contribution in [0.1, 0.15) is 16.6 Å². The molecule has 0 saturated carbocycles. The molecule has 0 spiro atoms. The van der Waals surface area contributed by atoms with Gasteiger partial charge in [-0.1, -0.05) is 6.07 Å². The summed E-state index contributed by atoms with van der Waals surface area (Å²) in [5, 5.41) is 10.9. The number of sulfonamides is 1. The number of halogens is 1. The van der Waals surface area contributed by atoms with Crippen LogP contribution in [0.25, 0.3) is 55.8 Å². The number of carbonyl (C=O) groups excluding carboxylic acids is 1. The standard InChI is InChI=1S/C32H25FN4O7S/c1-36(45(3,40)41)25-13-28-18(21(15-38)32(44-28)17-7-10-29(42-2)34-14-17)11-20(25)23-8-9-27-31(35-23)26-12-19-22(33)5-4-6-24(19)37(26)30(16-39)43-27/h4-15,30,39H,16H2,1-3H3. The van der Waals surface area contributed by atoms with Crippen molar-refractivity contribution in [1.29, 1.82) is 0 Å². The van der Waals surface area contributed by atoms with E-state index in [0.29, 0.717) is 62.4 Å². The average molecular weight is 629 g/mol. The topological polar surface area (TPSA) is 137 Å². The molecule has 228 valence electrons. The Morgan fingerprint density at radius 1 is 1.13 bits per heavy atom. The molecule has 45 heavy (non-hydrogen) atoms. The SMILES string of the molecule is COc1ccc(-c2oc3cc(N(C)S(C)(=O)=O)c(-c4ccc5c(n4)-c4cc6c(F)cccc6n4C(CO)O5)cc3c2C=O)cn1. The number of aliphatic hydroxyl groups excluding tert-OH is 1. The van der Waals surface area contributed by atoms with Crippen LogP contribution >= 0.6 is 0 Å². The molecule has 2 aromatic carbocycles. The number of carbonyl (C=O) groups is 1. The van der Waals surface area contributed by atoms with Crippen LogP contribution < -0.4 is 13.8 Å². The molecule has 5 heterocycles. The molecule has 1 aliphatic rings. The molecule has 4 aromatic heterocycles. The van der Waals surface area contributed by atoms with Crippen LogP contribution in [0, 0.1) is 5.82 Å². The van der Waals surface area contributed by atoms with E-state index in [1.165, 1.54) is 26.4 Å². The number of hydrogen-bond donors (Lipinski definition) is 1. The summed E-state index contributed by atoms with van der Waals surface area (Å²) in [4.78, 5) is 21.5. The fourth-order valence-electron chi connectivity index (χ4n) is 5.66. The molecule has 11 nitrogen and oxygen atoms in total. The van der Waals surface area contributed by atoms with E-state index < -0.39 is 22.1 Å². The summed E-state index contributed by atoms with van der Waals surface area (Å²) in [6, 6.07) is 16.2. The van der Waals surface area contributed by atoms with E-state index in [9.17, 15) is 22.7 Å². The molecule has 0 aliphatic carbocycles. The van der Waals surface area contributed by atoms with Gasteiger partial charge in [0, 0.05) is 47.3 Å². The minimum Gasteiger partial charge on any atom is -0.481 e. The van der Waals surface area contributed by atoms with E-state index in [-0.39, 0.29) is 29.2 Å². The first kappa shape index (κ1) is 28.5. The van der Waals surface area contributed by atoms with Gasteiger partial charge < -0.3 is 23.6 Å². The van der Waals surface area contributed by atoms with Crippen molar-refractivity contribution in [2.45, 2.75) is 6.23 Å². The average Bonchev–Trinajstić information content (AvgIpc) is 3.62. The first-order valence-corrected chi connectivity index (χ1v) is 15.6. The summed E-state index contributed by atoms with van der Waals surface area (Å²) in [5.41, 5.74) is 3.45. The van der Waals surface area contributed by atoms with E-state index >= 15 is 0 Å². The van der Waals surface area contributed by atoms with Crippen LogP contribution in [0.5, 0.6) is 11.6 Å². The molecule has 6 aromatic rings. The van der Waals surface area contributed by atoms with Crippen LogP contribution in [-0.4, -0.2) is 61.4 Å². The van der Waals surface area contributed by atoms with Gasteiger partial charge in [-0.15, -0.1) is 0 Å². The summed E-state index contributed by atoms with van der Waals surface area (Å²) in [7, 11) is -0.851. The zero-order valence-electron chi connectivity index (χ0n) is 24.2. The fraction of sp³-hybridized carbons (Fsp3) is 0.156. The molecule has 13 heteroatoms. The number of furan rings is 1. The minimum atomic E-state index is -3.75. The Bertz CT molecular complexity index is 2260. The van der Waals surface area contributed by atoms with Crippen molar-refractivity contribution in [3.05, 3.63) is 78.2 Å². The summed E-state index contributed by atoms with van der Waals surface area (Å²) in [6.07, 6.45) is 2.45. The molecular weight excluding hydrogens is 603 g/mol. The fourth-order valence-corrected chi connectivity index (χ4v) is 6.17. The number of fused-ring (bicyclic) bond motifs is 6.